The van der Waals surface area contributed by atoms with Gasteiger partial charge in [0.15, 0.2) is 0 Å². The lowest BCUT2D eigenvalue weighted by atomic mass is 9.99. The fourth-order valence-electron chi connectivity index (χ4n) is 3.75. The number of nitrogens with one attached hydrogen (secondary N) is 1. The molecular weight excluding hydrogens is 372 g/mol. The molecule has 2 amide bonds. The van der Waals surface area contributed by atoms with Gasteiger partial charge in [-0.3, -0.25) is 9.59 Å². The van der Waals surface area contributed by atoms with E-state index in [1.165, 1.54) is 4.90 Å². The number of hydrogen-bond donors (Lipinski definition) is 1. The lowest BCUT2D eigenvalue weighted by Gasteiger charge is -2.20. The number of carbonyl (C=O) groups excluding carboxylic acids is 2. The minimum Gasteiger partial charge on any atom is -0.332 e. The highest BCUT2D eigenvalue weighted by Crippen LogP contribution is 2.22. The summed E-state index contributed by atoms with van der Waals surface area (Å²) in [5, 5.41) is 2.96. The summed E-state index contributed by atoms with van der Waals surface area (Å²) in [6, 6.07) is 21.7. The summed E-state index contributed by atoms with van der Waals surface area (Å²) in [6.07, 6.45) is 0.671. The van der Waals surface area contributed by atoms with E-state index >= 15 is 0 Å². The number of anilines is 1. The normalized spacial score (nSPS) is 10.5. The highest BCUT2D eigenvalue weighted by molar-refractivity contribution is 6.00. The summed E-state index contributed by atoms with van der Waals surface area (Å²) in [4.78, 5) is 27.2. The lowest BCUT2D eigenvalue weighted by Crippen LogP contribution is -2.35. The van der Waals surface area contributed by atoms with Gasteiger partial charge in [0, 0.05) is 18.3 Å². The van der Waals surface area contributed by atoms with Gasteiger partial charge in [0.05, 0.1) is 6.54 Å². The largest absolute Gasteiger partial charge is 0.332 e. The first-order valence-electron chi connectivity index (χ1n) is 10.1. The Bertz CT molecular complexity index is 1030. The third-order valence-corrected chi connectivity index (χ3v) is 5.15. The maximum Gasteiger partial charge on any atom is 0.254 e. The molecule has 4 heteroatoms. The Labute approximate surface area is 178 Å². The van der Waals surface area contributed by atoms with Crippen LogP contribution in [-0.2, 0) is 11.2 Å². The van der Waals surface area contributed by atoms with Crippen molar-refractivity contribution in [2.75, 3.05) is 18.9 Å². The maximum atomic E-state index is 13.1. The van der Waals surface area contributed by atoms with Gasteiger partial charge in [-0.25, -0.2) is 0 Å². The maximum absolute atomic E-state index is 13.1. The smallest absolute Gasteiger partial charge is 0.254 e. The second kappa shape index (κ2) is 9.40. The monoisotopic (exact) mass is 400 g/mol. The summed E-state index contributed by atoms with van der Waals surface area (Å²) >= 11 is 0. The van der Waals surface area contributed by atoms with Crippen LogP contribution in [0.3, 0.4) is 0 Å². The fraction of sp³-hybridized carbons (Fsp3) is 0.231. The predicted molar refractivity (Wildman–Crippen MR) is 122 cm³/mol. The number of rotatable bonds is 6. The minimum atomic E-state index is -0.207. The predicted octanol–water partition coefficient (Wildman–Crippen LogP) is 4.91. The molecule has 4 nitrogen and oxygen atoms in total. The van der Waals surface area contributed by atoms with E-state index in [9.17, 15) is 9.59 Å². The molecule has 0 aliphatic heterocycles. The Morgan fingerprint density at radius 2 is 1.47 bits per heavy atom. The number of likely N-dealkylation sites (N-methyl/N-ethyl adjacent to an activating group) is 1. The molecular formula is C26H28N2O2. The number of carbonyl (C=O) groups is 2. The molecule has 0 spiro atoms. The van der Waals surface area contributed by atoms with Gasteiger partial charge in [0.2, 0.25) is 5.91 Å². The van der Waals surface area contributed by atoms with Gasteiger partial charge in [0.25, 0.3) is 5.91 Å². The number of benzene rings is 3. The van der Waals surface area contributed by atoms with E-state index in [0.717, 1.165) is 33.5 Å². The summed E-state index contributed by atoms with van der Waals surface area (Å²) in [5.74, 6) is -0.365. The number of nitrogens with zero attached hydrogens (tertiary/aromatic N) is 1. The van der Waals surface area contributed by atoms with Crippen molar-refractivity contribution >= 4 is 17.5 Å². The molecule has 30 heavy (non-hydrogen) atoms. The van der Waals surface area contributed by atoms with E-state index in [4.69, 9.17) is 0 Å². The Hall–Kier alpha value is -3.40. The zero-order valence-electron chi connectivity index (χ0n) is 18.0. The molecule has 0 aliphatic rings. The van der Waals surface area contributed by atoms with Crippen LogP contribution in [0.4, 0.5) is 5.69 Å². The van der Waals surface area contributed by atoms with Gasteiger partial charge in [-0.1, -0.05) is 66.2 Å². The first kappa shape index (κ1) is 21.3. The van der Waals surface area contributed by atoms with Crippen LogP contribution in [0.1, 0.15) is 38.2 Å². The van der Waals surface area contributed by atoms with E-state index < -0.39 is 0 Å². The van der Waals surface area contributed by atoms with Crippen LogP contribution in [0.25, 0.3) is 0 Å². The first-order chi connectivity index (χ1) is 14.3. The quantitative estimate of drug-likeness (QED) is 0.639. The average molecular weight is 401 g/mol. The topological polar surface area (TPSA) is 49.4 Å². The van der Waals surface area contributed by atoms with Crippen LogP contribution < -0.4 is 5.32 Å². The molecule has 0 atom stereocenters. The molecule has 3 aromatic rings. The van der Waals surface area contributed by atoms with E-state index in [-0.39, 0.29) is 18.4 Å². The molecule has 0 aromatic heterocycles. The first-order valence-corrected chi connectivity index (χ1v) is 10.1. The molecule has 3 aromatic carbocycles. The van der Waals surface area contributed by atoms with E-state index in [1.54, 1.807) is 7.05 Å². The Kier molecular flexibility index (Phi) is 6.68. The zero-order chi connectivity index (χ0) is 21.7. The van der Waals surface area contributed by atoms with E-state index in [1.807, 2.05) is 87.5 Å². The zero-order valence-corrected chi connectivity index (χ0v) is 18.0. The molecule has 0 radical (unpaired) electrons. The van der Waals surface area contributed by atoms with E-state index in [2.05, 4.69) is 5.32 Å². The van der Waals surface area contributed by atoms with Crippen molar-refractivity contribution in [1.29, 1.82) is 0 Å². The number of hydrogen-bond acceptors (Lipinski definition) is 2. The minimum absolute atomic E-state index is 0.00867. The van der Waals surface area contributed by atoms with Gasteiger partial charge in [0.1, 0.15) is 0 Å². The van der Waals surface area contributed by atoms with Crippen molar-refractivity contribution < 1.29 is 9.59 Å². The van der Waals surface area contributed by atoms with Gasteiger partial charge in [-0.2, -0.15) is 0 Å². The molecule has 0 saturated heterocycles. The Balaban J connectivity index is 1.71. The Morgan fingerprint density at radius 3 is 2.13 bits per heavy atom. The van der Waals surface area contributed by atoms with Crippen LogP contribution >= 0.6 is 0 Å². The van der Waals surface area contributed by atoms with Gasteiger partial charge in [-0.05, 0) is 55.5 Å². The molecule has 0 aliphatic carbocycles. The van der Waals surface area contributed by atoms with Crippen molar-refractivity contribution in [3.05, 3.63) is 100 Å². The average Bonchev–Trinajstić information content (AvgIpc) is 2.71. The van der Waals surface area contributed by atoms with Gasteiger partial charge >= 0.3 is 0 Å². The SMILES string of the molecule is Cc1cc(C)c(NC(=O)CN(C)C(=O)c2ccccc2Cc2ccccc2)c(C)c1. The molecule has 0 unspecified atom stereocenters. The summed E-state index contributed by atoms with van der Waals surface area (Å²) < 4.78 is 0. The second-order valence-electron chi connectivity index (χ2n) is 7.80. The standard InChI is InChI=1S/C26H28N2O2/c1-18-14-19(2)25(20(3)15-18)27-24(29)17-28(4)26(30)23-13-9-8-12-22(23)16-21-10-6-5-7-11-21/h5-15H,16-17H2,1-4H3,(H,27,29). The summed E-state index contributed by atoms with van der Waals surface area (Å²) in [5.41, 5.74) is 6.72. The Morgan fingerprint density at radius 1 is 0.867 bits per heavy atom. The van der Waals surface area contributed by atoms with Crippen LogP contribution in [0.2, 0.25) is 0 Å². The number of amides is 2. The molecule has 154 valence electrons. The molecule has 0 saturated carbocycles. The van der Waals surface area contributed by atoms with Crippen molar-refractivity contribution in [3.8, 4) is 0 Å². The molecule has 3 rings (SSSR count). The molecule has 1 N–H and O–H groups in total. The van der Waals surface area contributed by atoms with Gasteiger partial charge in [-0.15, -0.1) is 0 Å². The van der Waals surface area contributed by atoms with Gasteiger partial charge < -0.3 is 10.2 Å². The summed E-state index contributed by atoms with van der Waals surface area (Å²) in [6.45, 7) is 5.98. The third kappa shape index (κ3) is 5.15. The molecule has 0 fully saturated rings. The van der Waals surface area contributed by atoms with Crippen molar-refractivity contribution in [2.24, 2.45) is 0 Å². The van der Waals surface area contributed by atoms with Crippen molar-refractivity contribution in [2.45, 2.75) is 27.2 Å². The highest BCUT2D eigenvalue weighted by atomic mass is 16.2. The van der Waals surface area contributed by atoms with Crippen molar-refractivity contribution in [1.82, 2.24) is 4.90 Å². The van der Waals surface area contributed by atoms with Crippen LogP contribution in [0, 0.1) is 20.8 Å². The van der Waals surface area contributed by atoms with E-state index in [0.29, 0.717) is 12.0 Å². The molecule has 0 bridgehead atoms. The lowest BCUT2D eigenvalue weighted by molar-refractivity contribution is -0.116. The van der Waals surface area contributed by atoms with Crippen LogP contribution in [-0.4, -0.2) is 30.3 Å². The van der Waals surface area contributed by atoms with Crippen molar-refractivity contribution in [3.63, 3.8) is 0 Å². The summed E-state index contributed by atoms with van der Waals surface area (Å²) in [7, 11) is 1.66. The van der Waals surface area contributed by atoms with Crippen LogP contribution in [0.15, 0.2) is 66.7 Å². The highest BCUT2D eigenvalue weighted by Gasteiger charge is 2.19. The van der Waals surface area contributed by atoms with Crippen LogP contribution in [0.5, 0.6) is 0 Å². The molecule has 0 heterocycles. The number of aryl methyl sites for hydroxylation is 3. The third-order valence-electron chi connectivity index (χ3n) is 5.15. The fourth-order valence-corrected chi connectivity index (χ4v) is 3.75. The second-order valence-corrected chi connectivity index (χ2v) is 7.80.